The highest BCUT2D eigenvalue weighted by atomic mass is 127. The van der Waals surface area contributed by atoms with Gasteiger partial charge in [0.25, 0.3) is 0 Å². The summed E-state index contributed by atoms with van der Waals surface area (Å²) in [6.45, 7) is 24.7. The van der Waals surface area contributed by atoms with Crippen molar-refractivity contribution in [3.05, 3.63) is 158 Å². The van der Waals surface area contributed by atoms with E-state index in [1.165, 1.54) is 16.7 Å². The van der Waals surface area contributed by atoms with Crippen molar-refractivity contribution in [2.75, 3.05) is 0 Å². The number of benzene rings is 4. The molecule has 0 fully saturated rings. The lowest BCUT2D eigenvalue weighted by Gasteiger charge is -2.32. The van der Waals surface area contributed by atoms with Crippen LogP contribution < -0.4 is 5.30 Å². The molecule has 2 aliphatic heterocycles. The number of aromatic amines is 2. The number of halogens is 1. The minimum atomic E-state index is -3.76. The summed E-state index contributed by atoms with van der Waals surface area (Å²) < 4.78 is 28.4. The predicted octanol–water partition coefficient (Wildman–Crippen LogP) is 16.5. The number of hydrogen-bond donors (Lipinski definition) is 2. The van der Waals surface area contributed by atoms with Gasteiger partial charge in [-0.15, -0.1) is 5.54 Å². The maximum absolute atomic E-state index is 14.7. The van der Waals surface area contributed by atoms with Gasteiger partial charge in [0.05, 0.1) is 39.3 Å². The van der Waals surface area contributed by atoms with Crippen molar-refractivity contribution >= 4 is 89.9 Å². The second-order valence-electron chi connectivity index (χ2n) is 21.3. The smallest absolute Gasteiger partial charge is 0.354 e. The van der Waals surface area contributed by atoms with Crippen LogP contribution in [0.1, 0.15) is 86.6 Å². The van der Waals surface area contributed by atoms with Crippen LogP contribution in [0.5, 0.6) is 0 Å². The number of aromatic nitrogens is 4. The highest BCUT2D eigenvalue weighted by Crippen LogP contribution is 2.53. The van der Waals surface area contributed by atoms with Crippen molar-refractivity contribution in [3.63, 3.8) is 0 Å². The molecule has 0 radical (unpaired) electrons. The van der Waals surface area contributed by atoms with Gasteiger partial charge in [-0.25, -0.2) is 9.97 Å². The molecule has 5 heterocycles. The average Bonchev–Trinajstić information content (AvgIpc) is 4.12. The second-order valence-corrected chi connectivity index (χ2v) is 29.2. The molecule has 3 aromatic heterocycles. The molecular weight excluding hydrogens is 1010 g/mol. The minimum Gasteiger partial charge on any atom is -0.354 e. The summed E-state index contributed by atoms with van der Waals surface area (Å²) in [5, 5.41) is 0.481. The Morgan fingerprint density at radius 2 is 0.900 bits per heavy atom. The molecule has 10 heteroatoms. The van der Waals surface area contributed by atoms with E-state index in [1.54, 1.807) is 0 Å². The molecule has 354 valence electrons. The van der Waals surface area contributed by atoms with Crippen LogP contribution in [0.4, 0.5) is 0 Å². The SMILES string of the molecule is Cc1cc(C)c(-c2c3nc(c(-c4ccc(C#C[Si](C)(C)C)cc4)c4ccc([nH]4)c(-c4ccc(P(=O)(OC(C)(C)C)OC(C)(C)C)cc4)c4nc(c(-c5ccc(I)cc5)c5ccc2[nH]5)C=C4)C=C3)c(C)c1. The largest absolute Gasteiger partial charge is 0.362 e. The van der Waals surface area contributed by atoms with Gasteiger partial charge in [0.2, 0.25) is 0 Å². The van der Waals surface area contributed by atoms with Crippen LogP contribution >= 0.6 is 30.2 Å². The first-order chi connectivity index (χ1) is 33.0. The molecule has 7 nitrogen and oxygen atoms in total. The first-order valence-electron chi connectivity index (χ1n) is 23.8. The molecular formula is C60H60IN4O3PSi. The van der Waals surface area contributed by atoms with Crippen molar-refractivity contribution in [2.24, 2.45) is 0 Å². The summed E-state index contributed by atoms with van der Waals surface area (Å²) >= 11 is 2.36. The van der Waals surface area contributed by atoms with Gasteiger partial charge in [-0.05, 0) is 203 Å². The molecule has 7 aromatic rings. The summed E-state index contributed by atoms with van der Waals surface area (Å²) in [6, 6.07) is 37.9. The highest BCUT2D eigenvalue weighted by Gasteiger charge is 2.37. The summed E-state index contributed by atoms with van der Waals surface area (Å²) in [4.78, 5) is 18.8. The van der Waals surface area contributed by atoms with Gasteiger partial charge in [0.15, 0.2) is 0 Å². The van der Waals surface area contributed by atoms with E-state index in [9.17, 15) is 4.57 Å². The highest BCUT2D eigenvalue weighted by molar-refractivity contribution is 14.1. The van der Waals surface area contributed by atoms with E-state index in [0.717, 1.165) is 98.5 Å². The van der Waals surface area contributed by atoms with Gasteiger partial charge >= 0.3 is 7.60 Å². The molecule has 2 N–H and O–H groups in total. The van der Waals surface area contributed by atoms with Gasteiger partial charge in [0.1, 0.15) is 8.07 Å². The molecule has 4 aromatic carbocycles. The number of rotatable bonds is 7. The quantitative estimate of drug-likeness (QED) is 0.0718. The Labute approximate surface area is 427 Å². The molecule has 0 amide bonds. The van der Waals surface area contributed by atoms with E-state index in [0.29, 0.717) is 5.30 Å². The molecule has 2 aliphatic rings. The fourth-order valence-corrected chi connectivity index (χ4v) is 12.3. The van der Waals surface area contributed by atoms with E-state index < -0.39 is 26.9 Å². The van der Waals surface area contributed by atoms with Crippen LogP contribution in [-0.2, 0) is 13.6 Å². The third-order valence-electron chi connectivity index (χ3n) is 11.8. The molecule has 8 bridgehead atoms. The Kier molecular flexibility index (Phi) is 13.1. The van der Waals surface area contributed by atoms with Crippen LogP contribution in [0.25, 0.3) is 90.9 Å². The van der Waals surface area contributed by atoms with Crippen LogP contribution in [0.3, 0.4) is 0 Å². The van der Waals surface area contributed by atoms with Crippen molar-refractivity contribution in [1.29, 1.82) is 0 Å². The predicted molar refractivity (Wildman–Crippen MR) is 307 cm³/mol. The molecule has 9 rings (SSSR count). The van der Waals surface area contributed by atoms with Crippen LogP contribution in [-0.4, -0.2) is 39.2 Å². The average molecular weight is 1070 g/mol. The van der Waals surface area contributed by atoms with Crippen molar-refractivity contribution < 1.29 is 13.6 Å². The van der Waals surface area contributed by atoms with E-state index in [2.05, 4.69) is 194 Å². The Morgan fingerprint density at radius 1 is 0.529 bits per heavy atom. The number of hydrogen-bond acceptors (Lipinski definition) is 5. The second kappa shape index (κ2) is 18.7. The molecule has 0 aliphatic carbocycles. The number of fused-ring (bicyclic) bond motifs is 8. The number of H-pyrrole nitrogens is 2. The Bertz CT molecular complexity index is 3510. The standard InChI is InChI=1S/C60H60IN4O3PSi/c1-37-35-38(2)54(39(3)36-37)58-52-31-29-50(64-52)55(41-15-13-40(14-16-41)33-34-70(10,11)12)46-25-27-48(62-46)57(43-19-23-45(24-20-43)69(66,67-59(4,5)6)68-60(7,8)9)49-28-26-47(63-49)56(51-30-32-53(58)65-51)42-17-21-44(61)22-18-42/h13-32,35-36,62,65H,1-12H3. The van der Waals surface area contributed by atoms with E-state index in [4.69, 9.17) is 19.0 Å². The van der Waals surface area contributed by atoms with Crippen molar-refractivity contribution in [2.45, 2.75) is 93.2 Å². The monoisotopic (exact) mass is 1070 g/mol. The molecule has 0 unspecified atom stereocenters. The van der Waals surface area contributed by atoms with Gasteiger partial charge in [-0.2, -0.15) is 0 Å². The van der Waals surface area contributed by atoms with Crippen LogP contribution in [0, 0.1) is 35.8 Å². The molecule has 70 heavy (non-hydrogen) atoms. The summed E-state index contributed by atoms with van der Waals surface area (Å²) in [6.07, 6.45) is 8.49. The Balaban J connectivity index is 1.39. The van der Waals surface area contributed by atoms with Gasteiger partial charge < -0.3 is 9.97 Å². The van der Waals surface area contributed by atoms with E-state index >= 15 is 0 Å². The van der Waals surface area contributed by atoms with Crippen molar-refractivity contribution in [1.82, 2.24) is 19.9 Å². The zero-order valence-electron chi connectivity index (χ0n) is 42.1. The fourth-order valence-electron chi connectivity index (χ4n) is 9.21. The molecule has 0 atom stereocenters. The first kappa shape index (κ1) is 49.1. The van der Waals surface area contributed by atoms with Crippen LogP contribution in [0.15, 0.2) is 109 Å². The normalized spacial score (nSPS) is 12.9. The maximum Gasteiger partial charge on any atom is 0.362 e. The third kappa shape index (κ3) is 10.6. The van der Waals surface area contributed by atoms with E-state index in [1.807, 2.05) is 65.8 Å². The van der Waals surface area contributed by atoms with Gasteiger partial charge in [0, 0.05) is 53.5 Å². The lowest BCUT2D eigenvalue weighted by molar-refractivity contribution is 0.0548. The molecule has 0 saturated carbocycles. The van der Waals surface area contributed by atoms with Crippen molar-refractivity contribution in [3.8, 4) is 56.0 Å². The molecule has 0 spiro atoms. The topological polar surface area (TPSA) is 92.9 Å². The molecule has 0 saturated heterocycles. The number of nitrogens with zero attached hydrogens (tertiary/aromatic N) is 2. The number of nitrogens with one attached hydrogen (secondary N) is 2. The lowest BCUT2D eigenvalue weighted by Crippen LogP contribution is -2.28. The summed E-state index contributed by atoms with van der Waals surface area (Å²) in [7, 11) is -5.35. The zero-order chi connectivity index (χ0) is 49.9. The lowest BCUT2D eigenvalue weighted by atomic mass is 9.92. The summed E-state index contributed by atoms with van der Waals surface area (Å²) in [5.74, 6) is 3.44. The fraction of sp³-hybridized carbons (Fsp3) is 0.233. The van der Waals surface area contributed by atoms with Crippen LogP contribution in [0.2, 0.25) is 19.6 Å². The maximum atomic E-state index is 14.7. The summed E-state index contributed by atoms with van der Waals surface area (Å²) in [5.41, 5.74) is 21.5. The number of aryl methyl sites for hydroxylation is 3. The van der Waals surface area contributed by atoms with Gasteiger partial charge in [-0.3, -0.25) is 13.6 Å². The third-order valence-corrected chi connectivity index (χ3v) is 15.9. The Hall–Kier alpha value is -5.86. The Morgan fingerprint density at radius 3 is 1.30 bits per heavy atom. The minimum absolute atomic E-state index is 0.481. The van der Waals surface area contributed by atoms with E-state index in [-0.39, 0.29) is 0 Å². The zero-order valence-corrected chi connectivity index (χ0v) is 46.2. The van der Waals surface area contributed by atoms with Gasteiger partial charge in [-0.1, -0.05) is 79.7 Å². The first-order valence-corrected chi connectivity index (χ1v) is 29.9.